The molecule has 5 heteroatoms. The number of rotatable bonds is 5. The molecule has 0 bridgehead atoms. The second-order valence-corrected chi connectivity index (χ2v) is 8.41. The second kappa shape index (κ2) is 9.06. The molecule has 2 aromatic rings. The number of piperidine rings is 1. The summed E-state index contributed by atoms with van der Waals surface area (Å²) in [6, 6.07) is 11.0. The molecule has 0 saturated carbocycles. The van der Waals surface area contributed by atoms with Gasteiger partial charge < -0.3 is 5.32 Å². The number of nitrogens with one attached hydrogen (secondary N) is 1. The Hall–Kier alpha value is -1.91. The topological polar surface area (TPSA) is 32.3 Å². The maximum Gasteiger partial charge on any atom is 0.227 e. The summed E-state index contributed by atoms with van der Waals surface area (Å²) in [5, 5.41) is 3.59. The van der Waals surface area contributed by atoms with Crippen molar-refractivity contribution in [3.8, 4) is 0 Å². The highest BCUT2D eigenvalue weighted by Crippen LogP contribution is 2.29. The van der Waals surface area contributed by atoms with Gasteiger partial charge in [-0.25, -0.2) is 4.39 Å². The van der Waals surface area contributed by atoms with Gasteiger partial charge in [-0.2, -0.15) is 0 Å². The van der Waals surface area contributed by atoms with Gasteiger partial charge in [-0.1, -0.05) is 49.7 Å². The third-order valence-electron chi connectivity index (χ3n) is 5.54. The first-order valence-corrected chi connectivity index (χ1v) is 10.3. The molecule has 1 fully saturated rings. The summed E-state index contributed by atoms with van der Waals surface area (Å²) in [4.78, 5) is 15.0. The molecule has 0 aromatic heterocycles. The summed E-state index contributed by atoms with van der Waals surface area (Å²) in [7, 11) is 0. The fraction of sp³-hybridized carbons (Fsp3) is 0.435. The molecule has 0 radical (unpaired) electrons. The van der Waals surface area contributed by atoms with Gasteiger partial charge in [-0.3, -0.25) is 9.69 Å². The number of anilines is 1. The lowest BCUT2D eigenvalue weighted by atomic mass is 9.94. The van der Waals surface area contributed by atoms with E-state index in [0.29, 0.717) is 23.0 Å². The molecule has 1 saturated heterocycles. The van der Waals surface area contributed by atoms with Crippen LogP contribution in [0.5, 0.6) is 0 Å². The van der Waals surface area contributed by atoms with Crippen LogP contribution < -0.4 is 5.32 Å². The summed E-state index contributed by atoms with van der Waals surface area (Å²) in [6.07, 6.45) is 1.56. The zero-order valence-corrected chi connectivity index (χ0v) is 17.5. The minimum Gasteiger partial charge on any atom is -0.325 e. The van der Waals surface area contributed by atoms with Crippen molar-refractivity contribution in [3.05, 3.63) is 63.9 Å². The minimum atomic E-state index is -0.270. The van der Waals surface area contributed by atoms with Crippen molar-refractivity contribution in [3.63, 3.8) is 0 Å². The van der Waals surface area contributed by atoms with Crippen molar-refractivity contribution in [1.29, 1.82) is 0 Å². The molecule has 1 N–H and O–H groups in total. The largest absolute Gasteiger partial charge is 0.325 e. The van der Waals surface area contributed by atoms with Crippen molar-refractivity contribution >= 4 is 23.2 Å². The molecule has 1 aliphatic rings. The monoisotopic (exact) mass is 402 g/mol. The highest BCUT2D eigenvalue weighted by atomic mass is 35.5. The number of halogens is 2. The molecule has 0 unspecified atom stereocenters. The molecule has 2 aromatic carbocycles. The summed E-state index contributed by atoms with van der Waals surface area (Å²) in [5.74, 6) is 0.166. The molecule has 3 rings (SSSR count). The molecule has 1 heterocycles. The van der Waals surface area contributed by atoms with Gasteiger partial charge in [-0.15, -0.1) is 0 Å². The Morgan fingerprint density at radius 2 is 1.96 bits per heavy atom. The normalized spacial score (nSPS) is 15.8. The highest BCUT2D eigenvalue weighted by molar-refractivity contribution is 6.30. The molecule has 1 aliphatic heterocycles. The van der Waals surface area contributed by atoms with Crippen LogP contribution in [0.1, 0.15) is 49.3 Å². The van der Waals surface area contributed by atoms with Gasteiger partial charge in [-0.05, 0) is 62.0 Å². The van der Waals surface area contributed by atoms with Crippen LogP contribution in [-0.2, 0) is 11.3 Å². The van der Waals surface area contributed by atoms with Crippen molar-refractivity contribution in [2.24, 2.45) is 5.92 Å². The molecule has 0 atom stereocenters. The average Bonchev–Trinajstić information content (AvgIpc) is 2.66. The van der Waals surface area contributed by atoms with Crippen LogP contribution in [0.3, 0.4) is 0 Å². The number of nitrogens with zero attached hydrogens (tertiary/aromatic N) is 1. The van der Waals surface area contributed by atoms with Gasteiger partial charge in [0.2, 0.25) is 5.91 Å². The maximum absolute atomic E-state index is 14.0. The number of carbonyl (C=O) groups is 1. The van der Waals surface area contributed by atoms with Crippen LogP contribution in [0.15, 0.2) is 36.4 Å². The second-order valence-electron chi connectivity index (χ2n) is 7.97. The smallest absolute Gasteiger partial charge is 0.227 e. The molecule has 0 aliphatic carbocycles. The van der Waals surface area contributed by atoms with Gasteiger partial charge in [0.15, 0.2) is 0 Å². The van der Waals surface area contributed by atoms with Crippen molar-refractivity contribution in [2.45, 2.75) is 46.1 Å². The molecule has 150 valence electrons. The van der Waals surface area contributed by atoms with E-state index in [4.69, 9.17) is 11.6 Å². The van der Waals surface area contributed by atoms with E-state index in [1.807, 2.05) is 19.1 Å². The lowest BCUT2D eigenvalue weighted by molar-refractivity contribution is -0.121. The Morgan fingerprint density at radius 3 is 2.61 bits per heavy atom. The van der Waals surface area contributed by atoms with Crippen molar-refractivity contribution in [1.82, 2.24) is 4.90 Å². The molecular formula is C23H28ClFN2O. The number of amides is 1. The molecule has 1 amide bonds. The van der Waals surface area contributed by atoms with Crippen LogP contribution in [0, 0.1) is 18.7 Å². The Morgan fingerprint density at radius 1 is 1.25 bits per heavy atom. The van der Waals surface area contributed by atoms with E-state index in [2.05, 4.69) is 30.1 Å². The number of carbonyl (C=O) groups excluding carboxylic acids is 1. The predicted octanol–water partition coefficient (Wildman–Crippen LogP) is 5.76. The molecule has 3 nitrogen and oxygen atoms in total. The molecular weight excluding hydrogens is 375 g/mol. The number of para-hydroxylation sites is 1. The lowest BCUT2D eigenvalue weighted by Gasteiger charge is -2.31. The Balaban J connectivity index is 1.59. The van der Waals surface area contributed by atoms with Gasteiger partial charge in [0.25, 0.3) is 0 Å². The number of likely N-dealkylation sites (tertiary alicyclic amines) is 1. The summed E-state index contributed by atoms with van der Waals surface area (Å²) in [6.45, 7) is 8.42. The Bertz CT molecular complexity index is 844. The average molecular weight is 403 g/mol. The number of hydrogen-bond donors (Lipinski definition) is 1. The SMILES string of the molecule is Cc1cccc(C(C)C)c1NC(=O)C1CCN(Cc2ccc(Cl)cc2F)CC1. The quantitative estimate of drug-likeness (QED) is 0.689. The summed E-state index contributed by atoms with van der Waals surface area (Å²) < 4.78 is 14.0. The third-order valence-corrected chi connectivity index (χ3v) is 5.78. The zero-order valence-electron chi connectivity index (χ0n) is 16.8. The van der Waals surface area contributed by atoms with Crippen LogP contribution >= 0.6 is 11.6 Å². The van der Waals surface area contributed by atoms with Crippen LogP contribution in [0.25, 0.3) is 0 Å². The fourth-order valence-corrected chi connectivity index (χ4v) is 3.97. The van der Waals surface area contributed by atoms with E-state index in [-0.39, 0.29) is 17.6 Å². The predicted molar refractivity (Wildman–Crippen MR) is 113 cm³/mol. The van der Waals surface area contributed by atoms with Gasteiger partial charge >= 0.3 is 0 Å². The van der Waals surface area contributed by atoms with Crippen LogP contribution in [-0.4, -0.2) is 23.9 Å². The summed E-state index contributed by atoms with van der Waals surface area (Å²) in [5.41, 5.74) is 3.86. The van der Waals surface area contributed by atoms with E-state index in [9.17, 15) is 9.18 Å². The van der Waals surface area contributed by atoms with Crippen LogP contribution in [0.2, 0.25) is 5.02 Å². The van der Waals surface area contributed by atoms with E-state index in [0.717, 1.165) is 37.2 Å². The van der Waals surface area contributed by atoms with Gasteiger partial charge in [0, 0.05) is 28.7 Å². The van der Waals surface area contributed by atoms with E-state index >= 15 is 0 Å². The summed E-state index contributed by atoms with van der Waals surface area (Å²) >= 11 is 5.82. The fourth-order valence-electron chi connectivity index (χ4n) is 3.81. The molecule has 28 heavy (non-hydrogen) atoms. The lowest BCUT2D eigenvalue weighted by Crippen LogP contribution is -2.38. The van der Waals surface area contributed by atoms with E-state index in [1.165, 1.54) is 11.6 Å². The van der Waals surface area contributed by atoms with Gasteiger partial charge in [0.05, 0.1) is 0 Å². The first kappa shape index (κ1) is 20.8. The molecule has 0 spiro atoms. The minimum absolute atomic E-state index is 0.00840. The van der Waals surface area contributed by atoms with Crippen molar-refractivity contribution in [2.75, 3.05) is 18.4 Å². The maximum atomic E-state index is 14.0. The number of hydrogen-bond acceptors (Lipinski definition) is 2. The standard InChI is InChI=1S/C23H28ClFN2O/c1-15(2)20-6-4-5-16(3)22(20)26-23(28)17-9-11-27(12-10-17)14-18-7-8-19(24)13-21(18)25/h4-8,13,15,17H,9-12,14H2,1-3H3,(H,26,28). The van der Waals surface area contributed by atoms with Crippen LogP contribution in [0.4, 0.5) is 10.1 Å². The third kappa shape index (κ3) is 4.92. The Labute approximate surface area is 171 Å². The van der Waals surface area contributed by atoms with Gasteiger partial charge in [0.1, 0.15) is 5.82 Å². The highest BCUT2D eigenvalue weighted by Gasteiger charge is 2.26. The number of aryl methyl sites for hydroxylation is 1. The number of benzene rings is 2. The Kier molecular flexibility index (Phi) is 6.73. The zero-order chi connectivity index (χ0) is 20.3. The first-order chi connectivity index (χ1) is 13.3. The van der Waals surface area contributed by atoms with E-state index < -0.39 is 0 Å². The van der Waals surface area contributed by atoms with Crippen molar-refractivity contribution < 1.29 is 9.18 Å². The first-order valence-electron chi connectivity index (χ1n) is 9.91. The van der Waals surface area contributed by atoms with E-state index in [1.54, 1.807) is 12.1 Å².